The van der Waals surface area contributed by atoms with Gasteiger partial charge < -0.3 is 10.3 Å². The quantitative estimate of drug-likeness (QED) is 0.672. The third-order valence-electron chi connectivity index (χ3n) is 5.37. The standard InChI is InChI=1S/C22H21N3O3/c1-22(15-6-3-2-4-7-15)14-20(27)25(21(22)28)13-11-19(26)24-18-9-5-8-17-16(18)10-12-23-17/h2-10,12,23H,11,13-14H2,1H3,(H,24,26)/t22-/m0/s1. The Labute approximate surface area is 162 Å². The Balaban J connectivity index is 1.43. The van der Waals surface area contributed by atoms with Gasteiger partial charge in [-0.1, -0.05) is 36.4 Å². The van der Waals surface area contributed by atoms with Gasteiger partial charge in [0.2, 0.25) is 17.7 Å². The van der Waals surface area contributed by atoms with Crippen LogP contribution in [0.5, 0.6) is 0 Å². The minimum atomic E-state index is -0.870. The second kappa shape index (κ2) is 6.96. The smallest absolute Gasteiger partial charge is 0.240 e. The van der Waals surface area contributed by atoms with Crippen LogP contribution < -0.4 is 5.32 Å². The van der Waals surface area contributed by atoms with Crippen LogP contribution in [0.4, 0.5) is 5.69 Å². The second-order valence-electron chi connectivity index (χ2n) is 7.27. The monoisotopic (exact) mass is 375 g/mol. The Morgan fingerprint density at radius 3 is 2.68 bits per heavy atom. The highest BCUT2D eigenvalue weighted by molar-refractivity contribution is 6.09. The number of nitrogens with zero attached hydrogens (tertiary/aromatic N) is 1. The number of imide groups is 1. The van der Waals surface area contributed by atoms with E-state index >= 15 is 0 Å². The van der Waals surface area contributed by atoms with Crippen LogP contribution in [0.15, 0.2) is 60.8 Å². The number of rotatable bonds is 5. The van der Waals surface area contributed by atoms with Gasteiger partial charge in [0.05, 0.1) is 11.1 Å². The number of benzene rings is 2. The molecule has 1 fully saturated rings. The molecule has 142 valence electrons. The predicted octanol–water partition coefficient (Wildman–Crippen LogP) is 3.21. The fourth-order valence-electron chi connectivity index (χ4n) is 3.76. The van der Waals surface area contributed by atoms with Crippen molar-refractivity contribution < 1.29 is 14.4 Å². The minimum absolute atomic E-state index is 0.0587. The van der Waals surface area contributed by atoms with Gasteiger partial charge in [-0.2, -0.15) is 0 Å². The molecule has 1 aliphatic rings. The number of H-pyrrole nitrogens is 1. The first-order chi connectivity index (χ1) is 13.5. The lowest BCUT2D eigenvalue weighted by Gasteiger charge is -2.22. The number of hydrogen-bond acceptors (Lipinski definition) is 3. The molecule has 1 atom stereocenters. The summed E-state index contributed by atoms with van der Waals surface area (Å²) in [5, 5.41) is 3.79. The highest BCUT2D eigenvalue weighted by atomic mass is 16.2. The number of aromatic amines is 1. The van der Waals surface area contributed by atoms with Crippen molar-refractivity contribution in [1.82, 2.24) is 9.88 Å². The van der Waals surface area contributed by atoms with Gasteiger partial charge in [-0.3, -0.25) is 19.3 Å². The van der Waals surface area contributed by atoms with E-state index in [1.165, 1.54) is 4.90 Å². The van der Waals surface area contributed by atoms with Gasteiger partial charge >= 0.3 is 0 Å². The average molecular weight is 375 g/mol. The van der Waals surface area contributed by atoms with Crippen molar-refractivity contribution in [2.24, 2.45) is 0 Å². The number of fused-ring (bicyclic) bond motifs is 1. The molecule has 3 aromatic rings. The van der Waals surface area contributed by atoms with Crippen LogP contribution in [0.1, 0.15) is 25.3 Å². The largest absolute Gasteiger partial charge is 0.361 e. The molecule has 1 aliphatic heterocycles. The number of likely N-dealkylation sites (tertiary alicyclic amines) is 1. The number of amides is 3. The molecule has 1 aromatic heterocycles. The summed E-state index contributed by atoms with van der Waals surface area (Å²) >= 11 is 0. The highest BCUT2D eigenvalue weighted by Crippen LogP contribution is 2.36. The van der Waals surface area contributed by atoms with E-state index in [0.717, 1.165) is 16.5 Å². The van der Waals surface area contributed by atoms with E-state index in [2.05, 4.69) is 10.3 Å². The molecular formula is C22H21N3O3. The van der Waals surface area contributed by atoms with E-state index in [1.54, 1.807) is 6.92 Å². The molecule has 6 heteroatoms. The molecule has 1 saturated heterocycles. The third kappa shape index (κ3) is 3.07. The summed E-state index contributed by atoms with van der Waals surface area (Å²) in [4.78, 5) is 42.1. The van der Waals surface area contributed by atoms with E-state index in [4.69, 9.17) is 0 Å². The first-order valence-corrected chi connectivity index (χ1v) is 9.25. The normalized spacial score (nSPS) is 19.4. The van der Waals surface area contributed by atoms with E-state index in [9.17, 15) is 14.4 Å². The van der Waals surface area contributed by atoms with Crippen LogP contribution in [0, 0.1) is 0 Å². The van der Waals surface area contributed by atoms with E-state index in [-0.39, 0.29) is 37.1 Å². The lowest BCUT2D eigenvalue weighted by atomic mass is 9.81. The molecule has 0 aliphatic carbocycles. The Hall–Kier alpha value is -3.41. The molecular weight excluding hydrogens is 354 g/mol. The number of nitrogens with one attached hydrogen (secondary N) is 2. The van der Waals surface area contributed by atoms with Crippen molar-refractivity contribution >= 4 is 34.3 Å². The van der Waals surface area contributed by atoms with Crippen LogP contribution in [0.2, 0.25) is 0 Å². The molecule has 6 nitrogen and oxygen atoms in total. The van der Waals surface area contributed by atoms with E-state index in [1.807, 2.05) is 60.8 Å². The summed E-state index contributed by atoms with van der Waals surface area (Å²) in [5.74, 6) is -0.719. The highest BCUT2D eigenvalue weighted by Gasteiger charge is 2.49. The van der Waals surface area contributed by atoms with E-state index < -0.39 is 5.41 Å². The van der Waals surface area contributed by atoms with Gasteiger partial charge in [-0.15, -0.1) is 0 Å². The maximum Gasteiger partial charge on any atom is 0.240 e. The number of aromatic nitrogens is 1. The summed E-state index contributed by atoms with van der Waals surface area (Å²) in [5.41, 5.74) is 1.59. The number of carbonyl (C=O) groups excluding carboxylic acids is 3. The van der Waals surface area contributed by atoms with Crippen LogP contribution in [0.25, 0.3) is 10.9 Å². The van der Waals surface area contributed by atoms with Crippen molar-refractivity contribution in [2.45, 2.75) is 25.2 Å². The number of hydrogen-bond donors (Lipinski definition) is 2. The van der Waals surface area contributed by atoms with Gasteiger partial charge in [-0.05, 0) is 30.7 Å². The zero-order valence-electron chi connectivity index (χ0n) is 15.6. The number of carbonyl (C=O) groups is 3. The van der Waals surface area contributed by atoms with Gasteiger partial charge in [-0.25, -0.2) is 0 Å². The van der Waals surface area contributed by atoms with Crippen molar-refractivity contribution in [1.29, 1.82) is 0 Å². The maximum atomic E-state index is 12.9. The summed E-state index contributed by atoms with van der Waals surface area (Å²) in [7, 11) is 0. The van der Waals surface area contributed by atoms with Crippen molar-refractivity contribution in [3.63, 3.8) is 0 Å². The zero-order valence-corrected chi connectivity index (χ0v) is 15.6. The Morgan fingerprint density at radius 2 is 1.89 bits per heavy atom. The summed E-state index contributed by atoms with van der Waals surface area (Å²) in [6.07, 6.45) is 2.00. The lowest BCUT2D eigenvalue weighted by Crippen LogP contribution is -2.38. The maximum absolute atomic E-state index is 12.9. The van der Waals surface area contributed by atoms with Crippen LogP contribution in [-0.2, 0) is 19.8 Å². The predicted molar refractivity (Wildman–Crippen MR) is 107 cm³/mol. The first-order valence-electron chi connectivity index (χ1n) is 9.25. The zero-order chi connectivity index (χ0) is 19.7. The molecule has 0 unspecified atom stereocenters. The summed E-state index contributed by atoms with van der Waals surface area (Å²) in [6, 6.07) is 16.8. The van der Waals surface area contributed by atoms with Crippen LogP contribution in [-0.4, -0.2) is 34.2 Å². The van der Waals surface area contributed by atoms with Crippen molar-refractivity contribution in [3.8, 4) is 0 Å². The molecule has 0 saturated carbocycles. The van der Waals surface area contributed by atoms with E-state index in [0.29, 0.717) is 5.69 Å². The molecule has 3 amide bonds. The fraction of sp³-hybridized carbons (Fsp3) is 0.227. The summed E-state index contributed by atoms with van der Waals surface area (Å²) < 4.78 is 0. The minimum Gasteiger partial charge on any atom is -0.361 e. The molecule has 4 rings (SSSR count). The lowest BCUT2D eigenvalue weighted by molar-refractivity contribution is -0.139. The first kappa shape index (κ1) is 18.0. The Bertz CT molecular complexity index is 1060. The average Bonchev–Trinajstić information content (AvgIpc) is 3.26. The van der Waals surface area contributed by atoms with Gasteiger partial charge in [0.25, 0.3) is 0 Å². The van der Waals surface area contributed by atoms with Crippen molar-refractivity contribution in [3.05, 3.63) is 66.4 Å². The molecule has 0 radical (unpaired) electrons. The molecule has 2 heterocycles. The Morgan fingerprint density at radius 1 is 1.11 bits per heavy atom. The topological polar surface area (TPSA) is 82.3 Å². The molecule has 0 bridgehead atoms. The van der Waals surface area contributed by atoms with Crippen molar-refractivity contribution in [2.75, 3.05) is 11.9 Å². The number of anilines is 1. The van der Waals surface area contributed by atoms with Gasteiger partial charge in [0.1, 0.15) is 0 Å². The van der Waals surface area contributed by atoms with Crippen LogP contribution >= 0.6 is 0 Å². The van der Waals surface area contributed by atoms with Gasteiger partial charge in [0.15, 0.2) is 0 Å². The molecule has 28 heavy (non-hydrogen) atoms. The Kier molecular flexibility index (Phi) is 4.47. The summed E-state index contributed by atoms with van der Waals surface area (Å²) in [6.45, 7) is 1.87. The SMILES string of the molecule is C[C@@]1(c2ccccc2)CC(=O)N(CCC(=O)Nc2cccc3[nH]ccc23)C1=O. The third-order valence-corrected chi connectivity index (χ3v) is 5.37. The van der Waals surface area contributed by atoms with Gasteiger partial charge in [0, 0.05) is 36.5 Å². The fourth-order valence-corrected chi connectivity index (χ4v) is 3.76. The van der Waals surface area contributed by atoms with Crippen LogP contribution in [0.3, 0.4) is 0 Å². The second-order valence-corrected chi connectivity index (χ2v) is 7.27. The molecule has 2 aromatic carbocycles. The molecule has 2 N–H and O–H groups in total. The molecule has 0 spiro atoms.